The number of aromatic nitrogens is 5. The third kappa shape index (κ3) is 4.45. The number of aryl methyl sites for hydroxylation is 1. The van der Waals surface area contributed by atoms with Crippen LogP contribution in [0.4, 0.5) is 0 Å². The number of rotatable bonds is 6. The smallest absolute Gasteiger partial charge is 0.220 e. The van der Waals surface area contributed by atoms with Crippen LogP contribution in [0.1, 0.15) is 69.3 Å². The van der Waals surface area contributed by atoms with Gasteiger partial charge >= 0.3 is 0 Å². The van der Waals surface area contributed by atoms with E-state index < -0.39 is 0 Å². The van der Waals surface area contributed by atoms with Crippen molar-refractivity contribution in [3.8, 4) is 5.69 Å². The Morgan fingerprint density at radius 3 is 2.70 bits per heavy atom. The fraction of sp³-hybridized carbons (Fsp3) is 0.478. The summed E-state index contributed by atoms with van der Waals surface area (Å²) < 4.78 is 3.78. The van der Waals surface area contributed by atoms with Crippen molar-refractivity contribution in [1.29, 1.82) is 0 Å². The summed E-state index contributed by atoms with van der Waals surface area (Å²) in [5, 5.41) is 11.9. The minimum atomic E-state index is 0.0372. The predicted molar refractivity (Wildman–Crippen MR) is 115 cm³/mol. The first kappa shape index (κ1) is 20.3. The first-order chi connectivity index (χ1) is 14.4. The summed E-state index contributed by atoms with van der Waals surface area (Å²) in [4.78, 5) is 16.4. The Morgan fingerprint density at radius 1 is 1.20 bits per heavy atom. The van der Waals surface area contributed by atoms with E-state index in [0.717, 1.165) is 36.9 Å². The average molecular weight is 407 g/mol. The van der Waals surface area contributed by atoms with Crippen molar-refractivity contribution in [2.75, 3.05) is 0 Å². The molecule has 4 rings (SSSR count). The normalized spacial score (nSPS) is 16.3. The third-order valence-electron chi connectivity index (χ3n) is 5.75. The number of nitrogens with zero attached hydrogens (tertiary/aromatic N) is 5. The number of hydrogen-bond acceptors (Lipinski definition) is 4. The van der Waals surface area contributed by atoms with E-state index in [2.05, 4.69) is 65.5 Å². The molecule has 1 amide bonds. The minimum absolute atomic E-state index is 0.0372. The van der Waals surface area contributed by atoms with Gasteiger partial charge in [-0.05, 0) is 48.8 Å². The van der Waals surface area contributed by atoms with Crippen LogP contribution in [0.5, 0.6) is 0 Å². The minimum Gasteiger partial charge on any atom is -0.349 e. The highest BCUT2D eigenvalue weighted by Crippen LogP contribution is 2.32. The van der Waals surface area contributed by atoms with E-state index in [0.29, 0.717) is 13.0 Å². The summed E-state index contributed by atoms with van der Waals surface area (Å²) in [6, 6.07) is 8.68. The number of fused-ring (bicyclic) bond motifs is 1. The lowest BCUT2D eigenvalue weighted by Crippen LogP contribution is -2.31. The van der Waals surface area contributed by atoms with Gasteiger partial charge in [0.25, 0.3) is 0 Å². The molecule has 3 aromatic rings. The monoisotopic (exact) mass is 406 g/mol. The number of carbonyl (C=O) groups is 1. The van der Waals surface area contributed by atoms with E-state index in [9.17, 15) is 4.79 Å². The molecule has 0 fully saturated rings. The topological polar surface area (TPSA) is 77.6 Å². The van der Waals surface area contributed by atoms with Crippen LogP contribution < -0.4 is 5.32 Å². The maximum absolute atomic E-state index is 12.5. The Balaban J connectivity index is 1.42. The van der Waals surface area contributed by atoms with Crippen LogP contribution in [-0.4, -0.2) is 30.5 Å². The highest BCUT2D eigenvalue weighted by molar-refractivity contribution is 5.76. The Morgan fingerprint density at radius 2 is 2.00 bits per heavy atom. The van der Waals surface area contributed by atoms with Crippen molar-refractivity contribution >= 4 is 5.91 Å². The molecule has 0 saturated heterocycles. The number of carbonyl (C=O) groups excluding carboxylic acids is 1. The molecule has 0 radical (unpaired) electrons. The second-order valence-corrected chi connectivity index (χ2v) is 9.03. The van der Waals surface area contributed by atoms with E-state index in [4.69, 9.17) is 0 Å². The van der Waals surface area contributed by atoms with Crippen LogP contribution in [-0.2, 0) is 23.2 Å². The second kappa shape index (κ2) is 8.42. The van der Waals surface area contributed by atoms with Crippen molar-refractivity contribution in [3.63, 3.8) is 0 Å². The summed E-state index contributed by atoms with van der Waals surface area (Å²) in [7, 11) is 0. The number of amides is 1. The van der Waals surface area contributed by atoms with Gasteiger partial charge in [-0.3, -0.25) is 9.48 Å². The molecular weight excluding hydrogens is 376 g/mol. The summed E-state index contributed by atoms with van der Waals surface area (Å²) in [6.45, 7) is 7.36. The molecule has 2 heterocycles. The van der Waals surface area contributed by atoms with Crippen molar-refractivity contribution in [3.05, 3.63) is 59.9 Å². The standard InChI is InChI=1S/C23H30N6O/c1-23(2,3)17-9-11-18(12-10-17)29-21-7-4-6-20(19(21)14-25-29)27-22(30)8-5-13-28-16-24-15-26-28/h9-12,14-16,20H,4-8,13H2,1-3H3,(H,27,30)/t20-/m1/s1. The quantitative estimate of drug-likeness (QED) is 0.676. The molecule has 7 heteroatoms. The molecule has 1 aliphatic rings. The first-order valence-electron chi connectivity index (χ1n) is 10.7. The lowest BCUT2D eigenvalue weighted by Gasteiger charge is -2.24. The highest BCUT2D eigenvalue weighted by atomic mass is 16.1. The van der Waals surface area contributed by atoms with Gasteiger partial charge in [-0.25, -0.2) is 9.67 Å². The zero-order valence-corrected chi connectivity index (χ0v) is 18.0. The van der Waals surface area contributed by atoms with E-state index in [1.165, 1.54) is 17.6 Å². The molecule has 0 saturated carbocycles. The van der Waals surface area contributed by atoms with Gasteiger partial charge in [0.15, 0.2) is 0 Å². The van der Waals surface area contributed by atoms with Crippen LogP contribution in [0.2, 0.25) is 0 Å². The fourth-order valence-corrected chi connectivity index (χ4v) is 4.05. The SMILES string of the molecule is CC(C)(C)c1ccc(-n2ncc3c2CCC[C@H]3NC(=O)CCCn2cncn2)cc1. The number of benzene rings is 1. The maximum Gasteiger partial charge on any atom is 0.220 e. The van der Waals surface area contributed by atoms with Crippen molar-refractivity contribution in [2.24, 2.45) is 0 Å². The first-order valence-corrected chi connectivity index (χ1v) is 10.7. The van der Waals surface area contributed by atoms with Crippen LogP contribution in [0.15, 0.2) is 43.1 Å². The van der Waals surface area contributed by atoms with Gasteiger partial charge in [0.2, 0.25) is 5.91 Å². The van der Waals surface area contributed by atoms with Gasteiger partial charge in [-0.15, -0.1) is 0 Å². The molecule has 0 aliphatic heterocycles. The Labute approximate surface area is 177 Å². The molecule has 1 atom stereocenters. The molecular formula is C23H30N6O. The molecule has 1 aromatic carbocycles. The zero-order valence-electron chi connectivity index (χ0n) is 18.0. The van der Waals surface area contributed by atoms with Gasteiger partial charge in [-0.1, -0.05) is 32.9 Å². The summed E-state index contributed by atoms with van der Waals surface area (Å²) in [5.74, 6) is 0.0789. The highest BCUT2D eigenvalue weighted by Gasteiger charge is 2.26. The van der Waals surface area contributed by atoms with E-state index in [1.807, 2.05) is 10.9 Å². The van der Waals surface area contributed by atoms with E-state index in [1.54, 1.807) is 11.0 Å². The molecule has 158 valence electrons. The van der Waals surface area contributed by atoms with E-state index >= 15 is 0 Å². The lowest BCUT2D eigenvalue weighted by molar-refractivity contribution is -0.122. The summed E-state index contributed by atoms with van der Waals surface area (Å²) >= 11 is 0. The number of hydrogen-bond donors (Lipinski definition) is 1. The Bertz CT molecular complexity index is 982. The molecule has 0 unspecified atom stereocenters. The van der Waals surface area contributed by atoms with Crippen LogP contribution in [0.25, 0.3) is 5.69 Å². The molecule has 30 heavy (non-hydrogen) atoms. The zero-order chi connectivity index (χ0) is 21.1. The largest absolute Gasteiger partial charge is 0.349 e. The van der Waals surface area contributed by atoms with Gasteiger partial charge in [0.05, 0.1) is 17.9 Å². The van der Waals surface area contributed by atoms with Crippen molar-refractivity contribution in [1.82, 2.24) is 29.9 Å². The maximum atomic E-state index is 12.5. The second-order valence-electron chi connectivity index (χ2n) is 9.03. The van der Waals surface area contributed by atoms with Gasteiger partial charge in [-0.2, -0.15) is 10.2 Å². The molecule has 1 N–H and O–H groups in total. The Kier molecular flexibility index (Phi) is 5.70. The summed E-state index contributed by atoms with van der Waals surface area (Å²) in [6.07, 6.45) is 9.31. The van der Waals surface area contributed by atoms with Crippen LogP contribution in [0, 0.1) is 0 Å². The van der Waals surface area contributed by atoms with Gasteiger partial charge in [0, 0.05) is 24.2 Å². The average Bonchev–Trinajstić information content (AvgIpc) is 3.38. The van der Waals surface area contributed by atoms with Gasteiger partial charge in [0.1, 0.15) is 12.7 Å². The van der Waals surface area contributed by atoms with Crippen molar-refractivity contribution < 1.29 is 4.79 Å². The molecule has 7 nitrogen and oxygen atoms in total. The van der Waals surface area contributed by atoms with Crippen LogP contribution in [0.3, 0.4) is 0 Å². The molecule has 2 aromatic heterocycles. The Hall–Kier alpha value is -2.96. The van der Waals surface area contributed by atoms with E-state index in [-0.39, 0.29) is 17.4 Å². The predicted octanol–water partition coefficient (Wildman–Crippen LogP) is 3.74. The molecule has 0 bridgehead atoms. The summed E-state index contributed by atoms with van der Waals surface area (Å²) in [5.41, 5.74) is 4.86. The number of nitrogens with one attached hydrogen (secondary N) is 1. The molecule has 0 spiro atoms. The van der Waals surface area contributed by atoms with Crippen molar-refractivity contribution in [2.45, 2.75) is 70.9 Å². The lowest BCUT2D eigenvalue weighted by atomic mass is 9.87. The third-order valence-corrected chi connectivity index (χ3v) is 5.75. The fourth-order valence-electron chi connectivity index (χ4n) is 4.05. The van der Waals surface area contributed by atoms with Gasteiger partial charge < -0.3 is 5.32 Å². The molecule has 1 aliphatic carbocycles. The van der Waals surface area contributed by atoms with Crippen LogP contribution >= 0.6 is 0 Å².